The van der Waals surface area contributed by atoms with Gasteiger partial charge in [0.15, 0.2) is 5.96 Å². The van der Waals surface area contributed by atoms with Crippen LogP contribution in [0.2, 0.25) is 0 Å². The van der Waals surface area contributed by atoms with Gasteiger partial charge in [-0.3, -0.25) is 4.99 Å². The molecule has 0 unspecified atom stereocenters. The van der Waals surface area contributed by atoms with Gasteiger partial charge in [0.05, 0.1) is 5.75 Å². The molecule has 21 heavy (non-hydrogen) atoms. The van der Waals surface area contributed by atoms with Gasteiger partial charge in [0.2, 0.25) is 0 Å². The molecular weight excluding hydrogens is 286 g/mol. The molecule has 0 amide bonds. The lowest BCUT2D eigenvalue weighted by molar-refractivity contribution is 0.235. The Balaban J connectivity index is 2.46. The first kappa shape index (κ1) is 18.3. The fourth-order valence-corrected chi connectivity index (χ4v) is 3.76. The maximum absolute atomic E-state index is 11.1. The molecule has 0 aromatic carbocycles. The number of aliphatic imine (C=N–C) groups is 1. The van der Waals surface area contributed by atoms with E-state index in [2.05, 4.69) is 29.5 Å². The first-order valence-corrected chi connectivity index (χ1v) is 9.95. The van der Waals surface area contributed by atoms with Crippen molar-refractivity contribution in [2.75, 3.05) is 32.1 Å². The van der Waals surface area contributed by atoms with Crippen LogP contribution in [-0.2, 0) is 9.84 Å². The molecule has 5 nitrogen and oxygen atoms in total. The van der Waals surface area contributed by atoms with Crippen molar-refractivity contribution in [3.63, 3.8) is 0 Å². The minimum atomic E-state index is -2.93. The Kier molecular flexibility index (Phi) is 6.97. The van der Waals surface area contributed by atoms with Crippen LogP contribution in [0.3, 0.4) is 0 Å². The zero-order chi connectivity index (χ0) is 15.9. The van der Waals surface area contributed by atoms with E-state index < -0.39 is 9.84 Å². The smallest absolute Gasteiger partial charge is 0.191 e. The van der Waals surface area contributed by atoms with Gasteiger partial charge in [0, 0.05) is 26.4 Å². The maximum Gasteiger partial charge on any atom is 0.191 e. The summed E-state index contributed by atoms with van der Waals surface area (Å²) in [6.45, 7) is 5.87. The van der Waals surface area contributed by atoms with E-state index in [-0.39, 0.29) is 5.75 Å². The molecule has 6 heteroatoms. The van der Waals surface area contributed by atoms with Crippen molar-refractivity contribution in [1.82, 2.24) is 10.6 Å². The molecule has 0 bridgehead atoms. The molecule has 2 N–H and O–H groups in total. The van der Waals surface area contributed by atoms with Gasteiger partial charge in [-0.2, -0.15) is 0 Å². The van der Waals surface area contributed by atoms with Gasteiger partial charge in [0.1, 0.15) is 9.84 Å². The van der Waals surface area contributed by atoms with Crippen molar-refractivity contribution in [2.45, 2.75) is 46.0 Å². The minimum absolute atomic E-state index is 0.130. The van der Waals surface area contributed by atoms with E-state index in [0.717, 1.165) is 6.54 Å². The number of rotatable bonds is 7. The van der Waals surface area contributed by atoms with Crippen LogP contribution in [0.4, 0.5) is 0 Å². The molecular formula is C15H31N3O2S. The van der Waals surface area contributed by atoms with E-state index in [9.17, 15) is 8.42 Å². The number of nitrogens with zero attached hydrogens (tertiary/aromatic N) is 1. The number of nitrogens with one attached hydrogen (secondary N) is 2. The summed E-state index contributed by atoms with van der Waals surface area (Å²) in [5.41, 5.74) is 0.378. The van der Waals surface area contributed by atoms with Crippen LogP contribution in [0.5, 0.6) is 0 Å². The van der Waals surface area contributed by atoms with Gasteiger partial charge in [0.25, 0.3) is 0 Å². The van der Waals surface area contributed by atoms with Crippen molar-refractivity contribution in [1.29, 1.82) is 0 Å². The molecule has 0 aromatic heterocycles. The van der Waals surface area contributed by atoms with Crippen molar-refractivity contribution < 1.29 is 8.42 Å². The van der Waals surface area contributed by atoms with Crippen LogP contribution in [0, 0.1) is 11.3 Å². The molecule has 0 spiro atoms. The summed E-state index contributed by atoms with van der Waals surface area (Å²) >= 11 is 0. The molecule has 1 saturated carbocycles. The maximum atomic E-state index is 11.1. The molecule has 0 heterocycles. The SMILES string of the molecule is CN=C(NCCS(C)(=O)=O)NCC1(CC(C)C)CCCC1. The Morgan fingerprint density at radius 3 is 2.33 bits per heavy atom. The van der Waals surface area contributed by atoms with Gasteiger partial charge < -0.3 is 10.6 Å². The average molecular weight is 317 g/mol. The van der Waals surface area contributed by atoms with Crippen LogP contribution < -0.4 is 10.6 Å². The Morgan fingerprint density at radius 1 is 1.24 bits per heavy atom. The van der Waals surface area contributed by atoms with Crippen LogP contribution in [-0.4, -0.2) is 46.5 Å². The second-order valence-electron chi connectivity index (χ2n) is 6.79. The van der Waals surface area contributed by atoms with E-state index in [4.69, 9.17) is 0 Å². The van der Waals surface area contributed by atoms with Crippen molar-refractivity contribution in [3.8, 4) is 0 Å². The summed E-state index contributed by atoms with van der Waals surface area (Å²) in [4.78, 5) is 4.18. The highest BCUT2D eigenvalue weighted by atomic mass is 32.2. The zero-order valence-corrected chi connectivity index (χ0v) is 14.7. The van der Waals surface area contributed by atoms with Crippen molar-refractivity contribution in [3.05, 3.63) is 0 Å². The summed E-state index contributed by atoms with van der Waals surface area (Å²) in [5.74, 6) is 1.53. The summed E-state index contributed by atoms with van der Waals surface area (Å²) in [6.07, 6.45) is 7.67. The van der Waals surface area contributed by atoms with Gasteiger partial charge in [-0.15, -0.1) is 0 Å². The molecule has 0 aromatic rings. The molecule has 1 fully saturated rings. The molecule has 0 atom stereocenters. The van der Waals surface area contributed by atoms with Crippen molar-refractivity contribution in [2.24, 2.45) is 16.3 Å². The van der Waals surface area contributed by atoms with Crippen LogP contribution >= 0.6 is 0 Å². The number of hydrogen-bond acceptors (Lipinski definition) is 3. The van der Waals surface area contributed by atoms with Crippen LogP contribution in [0.25, 0.3) is 0 Å². The molecule has 0 aliphatic heterocycles. The predicted molar refractivity (Wildman–Crippen MR) is 89.4 cm³/mol. The Hall–Kier alpha value is -0.780. The molecule has 1 aliphatic carbocycles. The minimum Gasteiger partial charge on any atom is -0.356 e. The summed E-state index contributed by atoms with van der Waals surface area (Å²) < 4.78 is 22.3. The standard InChI is InChI=1S/C15H31N3O2S/c1-13(2)11-15(7-5-6-8-15)12-18-14(16-3)17-9-10-21(4,19)20/h13H,5-12H2,1-4H3,(H2,16,17,18). The largest absolute Gasteiger partial charge is 0.356 e. The van der Waals surface area contributed by atoms with Crippen molar-refractivity contribution >= 4 is 15.8 Å². The third kappa shape index (κ3) is 7.16. The molecule has 124 valence electrons. The van der Waals surface area contributed by atoms with E-state index in [1.807, 2.05) is 0 Å². The first-order chi connectivity index (χ1) is 9.76. The second-order valence-corrected chi connectivity index (χ2v) is 9.05. The fourth-order valence-electron chi connectivity index (χ4n) is 3.29. The van der Waals surface area contributed by atoms with Gasteiger partial charge >= 0.3 is 0 Å². The van der Waals surface area contributed by atoms with E-state index >= 15 is 0 Å². The lowest BCUT2D eigenvalue weighted by atomic mass is 9.78. The lowest BCUT2D eigenvalue weighted by Crippen LogP contribution is -2.44. The third-order valence-corrected chi connectivity index (χ3v) is 5.07. The lowest BCUT2D eigenvalue weighted by Gasteiger charge is -2.31. The highest BCUT2D eigenvalue weighted by Crippen LogP contribution is 2.42. The Bertz CT molecular complexity index is 438. The average Bonchev–Trinajstić information content (AvgIpc) is 2.80. The Morgan fingerprint density at radius 2 is 1.86 bits per heavy atom. The summed E-state index contributed by atoms with van der Waals surface area (Å²) in [7, 11) is -1.21. The summed E-state index contributed by atoms with van der Waals surface area (Å²) in [6, 6.07) is 0. The highest BCUT2D eigenvalue weighted by Gasteiger charge is 2.34. The molecule has 0 radical (unpaired) electrons. The fraction of sp³-hybridized carbons (Fsp3) is 0.933. The molecule has 0 saturated heterocycles. The van der Waals surface area contributed by atoms with Gasteiger partial charge in [-0.1, -0.05) is 26.7 Å². The first-order valence-electron chi connectivity index (χ1n) is 7.89. The van der Waals surface area contributed by atoms with E-state index in [1.54, 1.807) is 7.05 Å². The quantitative estimate of drug-likeness (QED) is 0.555. The molecule has 1 rings (SSSR count). The Labute approximate surface area is 129 Å². The number of guanidine groups is 1. The van der Waals surface area contributed by atoms with Crippen LogP contribution in [0.1, 0.15) is 46.0 Å². The predicted octanol–water partition coefficient (Wildman–Crippen LogP) is 1.80. The van der Waals surface area contributed by atoms with Gasteiger partial charge in [-0.05, 0) is 30.6 Å². The second kappa shape index (κ2) is 8.01. The third-order valence-electron chi connectivity index (χ3n) is 4.13. The van der Waals surface area contributed by atoms with E-state index in [1.165, 1.54) is 38.4 Å². The number of sulfone groups is 1. The topological polar surface area (TPSA) is 70.6 Å². The monoisotopic (exact) mass is 317 g/mol. The van der Waals surface area contributed by atoms with E-state index in [0.29, 0.717) is 23.8 Å². The normalized spacial score (nSPS) is 19.0. The highest BCUT2D eigenvalue weighted by molar-refractivity contribution is 7.90. The zero-order valence-electron chi connectivity index (χ0n) is 13.9. The summed E-state index contributed by atoms with van der Waals surface area (Å²) in [5, 5.41) is 6.47. The van der Waals surface area contributed by atoms with Gasteiger partial charge in [-0.25, -0.2) is 8.42 Å². The van der Waals surface area contributed by atoms with Crippen LogP contribution in [0.15, 0.2) is 4.99 Å². The number of hydrogen-bond donors (Lipinski definition) is 2. The molecule has 1 aliphatic rings.